The molecule has 1 aromatic heterocycles. The fourth-order valence-corrected chi connectivity index (χ4v) is 4.82. The number of para-hydroxylation sites is 2. The van der Waals surface area contributed by atoms with Gasteiger partial charge >= 0.3 is 0 Å². The summed E-state index contributed by atoms with van der Waals surface area (Å²) in [6.07, 6.45) is 0.287. The van der Waals surface area contributed by atoms with E-state index >= 15 is 0 Å². The van der Waals surface area contributed by atoms with Crippen molar-refractivity contribution in [1.82, 2.24) is 14.3 Å². The maximum atomic E-state index is 14.1. The molecule has 0 spiro atoms. The van der Waals surface area contributed by atoms with Crippen molar-refractivity contribution in [2.45, 2.75) is 33.6 Å². The highest BCUT2D eigenvalue weighted by Crippen LogP contribution is 2.28. The predicted octanol–water partition coefficient (Wildman–Crippen LogP) is 3.72. The summed E-state index contributed by atoms with van der Waals surface area (Å²) in [5.74, 6) is -0.611. The van der Waals surface area contributed by atoms with Gasteiger partial charge in [0.15, 0.2) is 0 Å². The molecule has 0 aliphatic carbocycles. The van der Waals surface area contributed by atoms with Crippen molar-refractivity contribution < 1.29 is 14.0 Å². The molecular formula is C28H34FN5O3. The first-order valence-corrected chi connectivity index (χ1v) is 12.5. The largest absolute Gasteiger partial charge is 0.366 e. The lowest BCUT2D eigenvalue weighted by Gasteiger charge is -2.37. The normalized spacial score (nSPS) is 14.1. The van der Waals surface area contributed by atoms with E-state index in [-0.39, 0.29) is 41.7 Å². The third-order valence-corrected chi connectivity index (χ3v) is 6.91. The molecule has 1 aliphatic heterocycles. The number of nitrogens with zero attached hydrogens (tertiary/aromatic N) is 4. The Kier molecular flexibility index (Phi) is 7.52. The van der Waals surface area contributed by atoms with Crippen molar-refractivity contribution >= 4 is 23.2 Å². The zero-order chi connectivity index (χ0) is 26.7. The van der Waals surface area contributed by atoms with Gasteiger partial charge in [0.25, 0.3) is 5.56 Å². The molecule has 1 fully saturated rings. The summed E-state index contributed by atoms with van der Waals surface area (Å²) >= 11 is 0. The van der Waals surface area contributed by atoms with Crippen LogP contribution in [0, 0.1) is 18.2 Å². The Morgan fingerprint density at radius 3 is 2.22 bits per heavy atom. The van der Waals surface area contributed by atoms with Crippen LogP contribution < -0.4 is 15.8 Å². The van der Waals surface area contributed by atoms with Gasteiger partial charge in [0.1, 0.15) is 11.5 Å². The molecule has 2 heterocycles. The van der Waals surface area contributed by atoms with Gasteiger partial charge in [0, 0.05) is 46.1 Å². The molecule has 2 aromatic carbocycles. The lowest BCUT2D eigenvalue weighted by molar-refractivity contribution is -0.134. The molecule has 0 atom stereocenters. The summed E-state index contributed by atoms with van der Waals surface area (Å²) in [6.45, 7) is 7.63. The smallest absolute Gasteiger partial charge is 0.295 e. The minimum absolute atomic E-state index is 0.0340. The van der Waals surface area contributed by atoms with Crippen LogP contribution in [0.1, 0.15) is 32.4 Å². The zero-order valence-corrected chi connectivity index (χ0v) is 21.8. The Labute approximate surface area is 216 Å². The van der Waals surface area contributed by atoms with Gasteiger partial charge in [-0.3, -0.25) is 19.1 Å². The van der Waals surface area contributed by atoms with Crippen LogP contribution in [-0.2, 0) is 16.6 Å². The first kappa shape index (κ1) is 26.2. The molecule has 2 amide bonds. The van der Waals surface area contributed by atoms with E-state index in [9.17, 15) is 18.8 Å². The van der Waals surface area contributed by atoms with E-state index in [1.54, 1.807) is 41.8 Å². The molecule has 0 bridgehead atoms. The molecule has 3 aromatic rings. The van der Waals surface area contributed by atoms with E-state index in [1.165, 1.54) is 10.7 Å². The molecule has 196 valence electrons. The molecule has 8 nitrogen and oxygen atoms in total. The van der Waals surface area contributed by atoms with Gasteiger partial charge in [-0.05, 0) is 36.6 Å². The number of aromatic nitrogens is 2. The van der Waals surface area contributed by atoms with Crippen molar-refractivity contribution in [1.29, 1.82) is 0 Å². The van der Waals surface area contributed by atoms with Crippen molar-refractivity contribution in [2.75, 3.05) is 36.4 Å². The van der Waals surface area contributed by atoms with Crippen molar-refractivity contribution in [3.63, 3.8) is 0 Å². The number of hydrogen-bond acceptors (Lipinski definition) is 4. The number of benzene rings is 2. The number of carbonyl (C=O) groups is 2. The van der Waals surface area contributed by atoms with E-state index in [2.05, 4.69) is 5.32 Å². The van der Waals surface area contributed by atoms with E-state index in [0.29, 0.717) is 43.2 Å². The van der Waals surface area contributed by atoms with Gasteiger partial charge in [-0.25, -0.2) is 9.07 Å². The van der Waals surface area contributed by atoms with Crippen LogP contribution in [0.15, 0.2) is 59.4 Å². The molecule has 1 saturated heterocycles. The molecule has 1 N–H and O–H groups in total. The Morgan fingerprint density at radius 2 is 1.57 bits per heavy atom. The van der Waals surface area contributed by atoms with Gasteiger partial charge in [-0.1, -0.05) is 44.2 Å². The third kappa shape index (κ3) is 5.76. The van der Waals surface area contributed by atoms with E-state index in [0.717, 1.165) is 0 Å². The number of hydrogen-bond donors (Lipinski definition) is 1. The van der Waals surface area contributed by atoms with Gasteiger partial charge in [-0.2, -0.15) is 0 Å². The summed E-state index contributed by atoms with van der Waals surface area (Å²) < 4.78 is 17.3. The summed E-state index contributed by atoms with van der Waals surface area (Å²) in [5.41, 5.74) is 1.23. The number of nitrogens with one attached hydrogen (secondary N) is 1. The summed E-state index contributed by atoms with van der Waals surface area (Å²) in [6, 6.07) is 15.9. The Morgan fingerprint density at radius 1 is 0.946 bits per heavy atom. The number of carbonyl (C=O) groups excluding carboxylic acids is 2. The quantitative estimate of drug-likeness (QED) is 0.529. The average molecular weight is 508 g/mol. The molecule has 9 heteroatoms. The number of rotatable bonds is 7. The molecule has 1 aliphatic rings. The van der Waals surface area contributed by atoms with Gasteiger partial charge in [0.05, 0.1) is 17.1 Å². The monoisotopic (exact) mass is 507 g/mol. The summed E-state index contributed by atoms with van der Waals surface area (Å²) in [4.78, 5) is 42.8. The van der Waals surface area contributed by atoms with Crippen molar-refractivity contribution in [3.8, 4) is 5.69 Å². The second-order valence-electron chi connectivity index (χ2n) is 10.3. The molecule has 37 heavy (non-hydrogen) atoms. The number of halogens is 1. The van der Waals surface area contributed by atoms with Crippen LogP contribution in [0.25, 0.3) is 5.69 Å². The van der Waals surface area contributed by atoms with Crippen LogP contribution in [-0.4, -0.2) is 52.3 Å². The first-order valence-electron chi connectivity index (χ1n) is 12.5. The van der Waals surface area contributed by atoms with E-state index < -0.39 is 5.41 Å². The highest BCUT2D eigenvalue weighted by molar-refractivity contribution is 5.92. The Balaban J connectivity index is 1.35. The summed E-state index contributed by atoms with van der Waals surface area (Å²) in [7, 11) is 1.77. The number of anilines is 2. The molecule has 4 rings (SSSR count). The second kappa shape index (κ2) is 10.6. The summed E-state index contributed by atoms with van der Waals surface area (Å²) in [5, 5.41) is 2.79. The topological polar surface area (TPSA) is 79.6 Å². The van der Waals surface area contributed by atoms with Crippen molar-refractivity contribution in [2.24, 2.45) is 12.5 Å². The lowest BCUT2D eigenvalue weighted by Crippen LogP contribution is -2.49. The first-order chi connectivity index (χ1) is 17.6. The molecule has 0 unspecified atom stereocenters. The highest BCUT2D eigenvalue weighted by Gasteiger charge is 2.30. The minimum Gasteiger partial charge on any atom is -0.366 e. The molecule has 0 radical (unpaired) electrons. The predicted molar refractivity (Wildman–Crippen MR) is 143 cm³/mol. The Hall–Kier alpha value is -3.88. The second-order valence-corrected chi connectivity index (χ2v) is 10.3. The fourth-order valence-electron chi connectivity index (χ4n) is 4.82. The van der Waals surface area contributed by atoms with Crippen LogP contribution in [0.3, 0.4) is 0 Å². The van der Waals surface area contributed by atoms with Gasteiger partial charge < -0.3 is 15.1 Å². The van der Waals surface area contributed by atoms with Crippen LogP contribution in [0.2, 0.25) is 0 Å². The SMILES string of the molecule is Cc1c(NC(=O)CC(C)(C)CC(=O)N2CCN(c3ccccc3F)CC2)c(=O)n(-c2ccccc2)n1C. The average Bonchev–Trinajstić information content (AvgIpc) is 3.07. The minimum atomic E-state index is -0.606. The third-order valence-electron chi connectivity index (χ3n) is 6.91. The number of amides is 2. The standard InChI is InChI=1S/C28H34FN5O3/c1-20-26(27(37)34(31(20)4)21-10-6-5-7-11-21)30-24(35)18-28(2,3)19-25(36)33-16-14-32(15-17-33)23-13-9-8-12-22(23)29/h5-13H,14-19H2,1-4H3,(H,30,35). The number of piperazine rings is 1. The van der Waals surface area contributed by atoms with Crippen LogP contribution >= 0.6 is 0 Å². The van der Waals surface area contributed by atoms with E-state index in [4.69, 9.17) is 0 Å². The van der Waals surface area contributed by atoms with Crippen LogP contribution in [0.4, 0.5) is 15.8 Å². The maximum absolute atomic E-state index is 14.1. The lowest BCUT2D eigenvalue weighted by atomic mass is 9.84. The van der Waals surface area contributed by atoms with Gasteiger partial charge in [-0.15, -0.1) is 0 Å². The van der Waals surface area contributed by atoms with E-state index in [1.807, 2.05) is 49.1 Å². The Bertz CT molecular complexity index is 1340. The highest BCUT2D eigenvalue weighted by atomic mass is 19.1. The van der Waals surface area contributed by atoms with Gasteiger partial charge in [0.2, 0.25) is 11.8 Å². The van der Waals surface area contributed by atoms with Crippen molar-refractivity contribution in [3.05, 3.63) is 76.5 Å². The maximum Gasteiger partial charge on any atom is 0.295 e. The molecular weight excluding hydrogens is 473 g/mol. The molecule has 0 saturated carbocycles. The van der Waals surface area contributed by atoms with Crippen LogP contribution in [0.5, 0.6) is 0 Å². The fraction of sp³-hybridized carbons (Fsp3) is 0.393. The zero-order valence-electron chi connectivity index (χ0n) is 21.8.